The molecule has 3 heterocycles. The van der Waals surface area contributed by atoms with E-state index in [0.717, 1.165) is 0 Å². The standard InChI is InChI=1S/C19H16N8O4/c1-12-13(11-28)10-26(24-12)18-4-6-20-19(23-18)22-14-8-16(27(29)30)15(9-17(14)31-2)25-7-3-5-21-25/h3-11H,1-2H3,(H,20,22,23). The van der Waals surface area contributed by atoms with Crippen molar-refractivity contribution in [3.63, 3.8) is 0 Å². The largest absolute Gasteiger partial charge is 0.494 e. The van der Waals surface area contributed by atoms with Crippen LogP contribution in [0.3, 0.4) is 0 Å². The van der Waals surface area contributed by atoms with Crippen molar-refractivity contribution >= 4 is 23.6 Å². The summed E-state index contributed by atoms with van der Waals surface area (Å²) in [6.45, 7) is 1.71. The number of benzene rings is 1. The minimum Gasteiger partial charge on any atom is -0.494 e. The number of ether oxygens (including phenoxy) is 1. The van der Waals surface area contributed by atoms with Crippen molar-refractivity contribution < 1.29 is 14.5 Å². The van der Waals surface area contributed by atoms with Crippen molar-refractivity contribution in [2.75, 3.05) is 12.4 Å². The number of carbonyl (C=O) groups is 1. The molecule has 12 nitrogen and oxygen atoms in total. The Morgan fingerprint density at radius 2 is 2.10 bits per heavy atom. The van der Waals surface area contributed by atoms with E-state index in [1.807, 2.05) is 0 Å². The monoisotopic (exact) mass is 420 g/mol. The molecule has 1 aromatic carbocycles. The Balaban J connectivity index is 1.73. The van der Waals surface area contributed by atoms with Crippen LogP contribution in [0.2, 0.25) is 0 Å². The second kappa shape index (κ2) is 8.02. The predicted molar refractivity (Wildman–Crippen MR) is 109 cm³/mol. The van der Waals surface area contributed by atoms with Crippen molar-refractivity contribution in [1.29, 1.82) is 0 Å². The molecule has 1 N–H and O–H groups in total. The van der Waals surface area contributed by atoms with E-state index in [1.165, 1.54) is 41.0 Å². The summed E-state index contributed by atoms with van der Waals surface area (Å²) in [7, 11) is 1.45. The Labute approximate surface area is 175 Å². The summed E-state index contributed by atoms with van der Waals surface area (Å²) in [6.07, 6.45) is 6.89. The van der Waals surface area contributed by atoms with Gasteiger partial charge in [0.1, 0.15) is 11.4 Å². The molecular formula is C19H16N8O4. The van der Waals surface area contributed by atoms with Gasteiger partial charge in [0, 0.05) is 43.0 Å². The van der Waals surface area contributed by atoms with Crippen molar-refractivity contribution in [3.8, 4) is 17.3 Å². The van der Waals surface area contributed by atoms with Gasteiger partial charge in [-0.2, -0.15) is 15.2 Å². The van der Waals surface area contributed by atoms with Gasteiger partial charge in [-0.25, -0.2) is 14.3 Å². The molecule has 0 aliphatic heterocycles. The lowest BCUT2D eigenvalue weighted by atomic mass is 10.2. The minimum absolute atomic E-state index is 0.165. The third-order valence-corrected chi connectivity index (χ3v) is 4.43. The first-order valence-corrected chi connectivity index (χ1v) is 8.98. The van der Waals surface area contributed by atoms with Crippen LogP contribution in [0.5, 0.6) is 5.75 Å². The number of aromatic nitrogens is 6. The third-order valence-electron chi connectivity index (χ3n) is 4.43. The van der Waals surface area contributed by atoms with E-state index in [4.69, 9.17) is 4.74 Å². The maximum atomic E-state index is 11.6. The number of aryl methyl sites for hydroxylation is 1. The average molecular weight is 420 g/mol. The molecule has 0 saturated heterocycles. The van der Waals surface area contributed by atoms with Gasteiger partial charge >= 0.3 is 0 Å². The quantitative estimate of drug-likeness (QED) is 0.271. The number of nitro benzene ring substituents is 1. The highest BCUT2D eigenvalue weighted by Crippen LogP contribution is 2.36. The zero-order valence-corrected chi connectivity index (χ0v) is 16.5. The van der Waals surface area contributed by atoms with E-state index in [1.54, 1.807) is 31.5 Å². The third kappa shape index (κ3) is 3.81. The smallest absolute Gasteiger partial charge is 0.297 e. The molecule has 0 fully saturated rings. The Kier molecular flexibility index (Phi) is 5.10. The summed E-state index contributed by atoms with van der Waals surface area (Å²) in [6, 6.07) is 6.11. The second-order valence-corrected chi connectivity index (χ2v) is 6.34. The van der Waals surface area contributed by atoms with Crippen molar-refractivity contribution in [2.45, 2.75) is 6.92 Å². The zero-order chi connectivity index (χ0) is 22.0. The topological polar surface area (TPSA) is 143 Å². The Morgan fingerprint density at radius 3 is 2.74 bits per heavy atom. The minimum atomic E-state index is -0.508. The number of nitro groups is 1. The van der Waals surface area contributed by atoms with E-state index in [0.29, 0.717) is 34.8 Å². The number of anilines is 2. The van der Waals surface area contributed by atoms with Gasteiger partial charge in [-0.15, -0.1) is 0 Å². The zero-order valence-electron chi connectivity index (χ0n) is 16.5. The highest BCUT2D eigenvalue weighted by molar-refractivity contribution is 5.76. The molecule has 0 saturated carbocycles. The van der Waals surface area contributed by atoms with Crippen LogP contribution in [0.15, 0.2) is 49.1 Å². The summed E-state index contributed by atoms with van der Waals surface area (Å²) < 4.78 is 8.23. The molecule has 31 heavy (non-hydrogen) atoms. The first-order chi connectivity index (χ1) is 15.0. The number of hydrogen-bond acceptors (Lipinski definition) is 9. The first kappa shape index (κ1) is 19.7. The Bertz CT molecular complexity index is 1270. The normalized spacial score (nSPS) is 10.6. The number of rotatable bonds is 7. The van der Waals surface area contributed by atoms with Gasteiger partial charge in [0.05, 0.1) is 29.0 Å². The summed E-state index contributed by atoms with van der Waals surface area (Å²) in [4.78, 5) is 30.7. The molecule has 0 aliphatic carbocycles. The van der Waals surface area contributed by atoms with Gasteiger partial charge in [0.2, 0.25) is 5.95 Å². The van der Waals surface area contributed by atoms with Crippen LogP contribution in [0, 0.1) is 17.0 Å². The Hall–Kier alpha value is -4.61. The van der Waals surface area contributed by atoms with Crippen LogP contribution < -0.4 is 10.1 Å². The molecule has 0 atom stereocenters. The molecule has 0 radical (unpaired) electrons. The van der Waals surface area contributed by atoms with Gasteiger partial charge in [-0.3, -0.25) is 14.9 Å². The van der Waals surface area contributed by atoms with Crippen LogP contribution in [-0.2, 0) is 0 Å². The molecule has 0 amide bonds. The van der Waals surface area contributed by atoms with Crippen LogP contribution in [0.4, 0.5) is 17.3 Å². The lowest BCUT2D eigenvalue weighted by Gasteiger charge is -2.13. The molecule has 0 aliphatic rings. The molecule has 12 heteroatoms. The van der Waals surface area contributed by atoms with E-state index < -0.39 is 4.92 Å². The fourth-order valence-electron chi connectivity index (χ4n) is 2.93. The van der Waals surface area contributed by atoms with Crippen LogP contribution in [0.25, 0.3) is 11.5 Å². The van der Waals surface area contributed by atoms with Gasteiger partial charge in [0.15, 0.2) is 12.1 Å². The van der Waals surface area contributed by atoms with Crippen LogP contribution >= 0.6 is 0 Å². The second-order valence-electron chi connectivity index (χ2n) is 6.34. The van der Waals surface area contributed by atoms with E-state index >= 15 is 0 Å². The number of carbonyl (C=O) groups excluding carboxylic acids is 1. The fraction of sp³-hybridized carbons (Fsp3) is 0.105. The molecule has 4 aromatic rings. The highest BCUT2D eigenvalue weighted by atomic mass is 16.6. The van der Waals surface area contributed by atoms with Gasteiger partial charge in [-0.1, -0.05) is 0 Å². The van der Waals surface area contributed by atoms with Crippen molar-refractivity contribution in [2.24, 2.45) is 0 Å². The molecule has 0 spiro atoms. The summed E-state index contributed by atoms with van der Waals surface area (Å²) in [5.41, 5.74) is 1.38. The van der Waals surface area contributed by atoms with E-state index in [2.05, 4.69) is 25.5 Å². The number of nitrogens with one attached hydrogen (secondary N) is 1. The van der Waals surface area contributed by atoms with Gasteiger partial charge < -0.3 is 10.1 Å². The summed E-state index contributed by atoms with van der Waals surface area (Å²) in [5, 5.41) is 22.9. The predicted octanol–water partition coefficient (Wildman–Crippen LogP) is 2.63. The van der Waals surface area contributed by atoms with Crippen LogP contribution in [0.1, 0.15) is 16.1 Å². The SMILES string of the molecule is COc1cc(-n2cccn2)c([N+](=O)[O-])cc1Nc1nccc(-n2cc(C=O)c(C)n2)n1. The number of hydrogen-bond donors (Lipinski definition) is 1. The molecule has 4 rings (SSSR count). The van der Waals surface area contributed by atoms with Gasteiger partial charge in [-0.05, 0) is 13.0 Å². The number of methoxy groups -OCH3 is 1. The molecule has 0 bridgehead atoms. The summed E-state index contributed by atoms with van der Waals surface area (Å²) in [5.74, 6) is 0.913. The molecular weight excluding hydrogens is 404 g/mol. The molecule has 0 unspecified atom stereocenters. The number of aldehydes is 1. The highest BCUT2D eigenvalue weighted by Gasteiger charge is 2.21. The molecule has 156 valence electrons. The van der Waals surface area contributed by atoms with Gasteiger partial charge in [0.25, 0.3) is 5.69 Å². The van der Waals surface area contributed by atoms with E-state index in [-0.39, 0.29) is 17.3 Å². The Morgan fingerprint density at radius 1 is 1.26 bits per heavy atom. The lowest BCUT2D eigenvalue weighted by Crippen LogP contribution is -2.06. The maximum Gasteiger partial charge on any atom is 0.297 e. The average Bonchev–Trinajstić information content (AvgIpc) is 3.43. The maximum absolute atomic E-state index is 11.6. The van der Waals surface area contributed by atoms with Crippen molar-refractivity contribution in [3.05, 3.63) is 70.4 Å². The van der Waals surface area contributed by atoms with E-state index in [9.17, 15) is 14.9 Å². The number of nitrogens with zero attached hydrogens (tertiary/aromatic N) is 7. The van der Waals surface area contributed by atoms with Crippen molar-refractivity contribution in [1.82, 2.24) is 29.5 Å². The summed E-state index contributed by atoms with van der Waals surface area (Å²) >= 11 is 0. The molecule has 3 aromatic heterocycles. The van der Waals surface area contributed by atoms with Crippen LogP contribution in [-0.4, -0.2) is 47.8 Å². The lowest BCUT2D eigenvalue weighted by molar-refractivity contribution is -0.384. The first-order valence-electron chi connectivity index (χ1n) is 8.98. The fourth-order valence-corrected chi connectivity index (χ4v) is 2.93.